The van der Waals surface area contributed by atoms with E-state index in [1.54, 1.807) is 21.6 Å². The van der Waals surface area contributed by atoms with E-state index in [-0.39, 0.29) is 29.0 Å². The van der Waals surface area contributed by atoms with Crippen LogP contribution in [0.1, 0.15) is 68.9 Å². The summed E-state index contributed by atoms with van der Waals surface area (Å²) in [7, 11) is 0. The van der Waals surface area contributed by atoms with E-state index in [9.17, 15) is 24.4 Å². The molecule has 0 unspecified atom stereocenters. The van der Waals surface area contributed by atoms with Gasteiger partial charge in [-0.1, -0.05) is 78.9 Å². The first-order valence-electron chi connectivity index (χ1n) is 18.8. The van der Waals surface area contributed by atoms with Crippen molar-refractivity contribution in [1.29, 1.82) is 5.26 Å². The van der Waals surface area contributed by atoms with Crippen molar-refractivity contribution in [2.45, 2.75) is 94.1 Å². The van der Waals surface area contributed by atoms with Gasteiger partial charge in [0.1, 0.15) is 18.1 Å². The minimum atomic E-state index is -0.700. The van der Waals surface area contributed by atoms with Crippen LogP contribution in [0.15, 0.2) is 91.0 Å². The maximum absolute atomic E-state index is 14.2. The Hall–Kier alpha value is -4.62. The molecular weight excluding hydrogens is 671 g/mol. The minimum Gasteiger partial charge on any atom is -0.344 e. The summed E-state index contributed by atoms with van der Waals surface area (Å²) in [5, 5.41) is 16.0. The highest BCUT2D eigenvalue weighted by Crippen LogP contribution is 2.34. The Morgan fingerprint density at radius 1 is 0.712 bits per heavy atom. The lowest BCUT2D eigenvalue weighted by Gasteiger charge is -2.38. The fraction of sp³-hybridized carbons (Fsp3) is 0.452. The molecule has 52 heavy (non-hydrogen) atoms. The Morgan fingerprint density at radius 2 is 1.27 bits per heavy atom. The molecule has 272 valence electrons. The van der Waals surface area contributed by atoms with Crippen LogP contribution in [0.2, 0.25) is 0 Å². The standard InChI is InChI=1S/C42H49N5O4S/c43-29-35-19-12-21-38-47(35)42(51)37(24-26-52-38)45-40(49)33(28-31-15-6-2-7-16-31)23-22-32(27-30-13-4-1-5-14-30)39(48)44-36-20-10-11-25-46(41(36)50)34-17-8-3-9-18-34/h1-9,13-18,32-33,35-38H,10-12,19-28H2,(H,44,48)(H,45,49)/t32-,33-,35+,36+,37+,38+/m1/s1. The average molecular weight is 720 g/mol. The number of nitrogens with one attached hydrogen (secondary N) is 2. The second kappa shape index (κ2) is 18.2. The number of para-hydroxylation sites is 1. The molecule has 0 radical (unpaired) electrons. The molecule has 0 saturated carbocycles. The molecule has 6 rings (SSSR count). The molecule has 9 nitrogen and oxygen atoms in total. The quantitative estimate of drug-likeness (QED) is 0.236. The molecule has 10 heteroatoms. The van der Waals surface area contributed by atoms with E-state index < -0.39 is 30.0 Å². The maximum Gasteiger partial charge on any atom is 0.249 e. The average Bonchev–Trinajstić information content (AvgIpc) is 3.46. The maximum atomic E-state index is 14.2. The zero-order valence-corrected chi connectivity index (χ0v) is 30.5. The van der Waals surface area contributed by atoms with E-state index in [0.717, 1.165) is 48.3 Å². The summed E-state index contributed by atoms with van der Waals surface area (Å²) in [6.07, 6.45) is 6.96. The van der Waals surface area contributed by atoms with E-state index in [2.05, 4.69) is 16.7 Å². The number of thioether (sulfide) groups is 1. The van der Waals surface area contributed by atoms with E-state index in [4.69, 9.17) is 0 Å². The van der Waals surface area contributed by atoms with Crippen molar-refractivity contribution in [3.63, 3.8) is 0 Å². The Labute approximate surface area is 311 Å². The highest BCUT2D eigenvalue weighted by atomic mass is 32.2. The molecule has 0 aliphatic carbocycles. The first-order valence-corrected chi connectivity index (χ1v) is 19.8. The van der Waals surface area contributed by atoms with Crippen LogP contribution in [0.3, 0.4) is 0 Å². The van der Waals surface area contributed by atoms with Crippen LogP contribution in [-0.2, 0) is 32.0 Å². The normalized spacial score (nSPS) is 23.3. The molecule has 2 N–H and O–H groups in total. The smallest absolute Gasteiger partial charge is 0.249 e. The molecule has 4 amide bonds. The van der Waals surface area contributed by atoms with Crippen LogP contribution in [-0.4, -0.2) is 64.3 Å². The molecular formula is C42H49N5O4S. The number of carbonyl (C=O) groups excluding carboxylic acids is 4. The van der Waals surface area contributed by atoms with Crippen LogP contribution in [0.25, 0.3) is 0 Å². The minimum absolute atomic E-state index is 0.0368. The number of carbonyl (C=O) groups is 4. The van der Waals surface area contributed by atoms with Crippen molar-refractivity contribution in [2.75, 3.05) is 17.2 Å². The Kier molecular flexibility index (Phi) is 13.0. The summed E-state index contributed by atoms with van der Waals surface area (Å²) in [6, 6.07) is 29.8. The topological polar surface area (TPSA) is 123 Å². The number of fused-ring (bicyclic) bond motifs is 1. The van der Waals surface area contributed by atoms with E-state index in [1.165, 1.54) is 0 Å². The molecule has 3 aromatic carbocycles. The molecule has 6 atom stereocenters. The number of benzene rings is 3. The lowest BCUT2D eigenvalue weighted by molar-refractivity contribution is -0.140. The SMILES string of the molecule is N#C[C@@H]1CCC[C@@H]2SCC[C@H](NC(=O)[C@H](CC[C@H](Cc3ccccc3)C(=O)N[C@H]3CCCCN(c4ccccc4)C3=O)Cc3ccccc3)C(=O)N12. The summed E-state index contributed by atoms with van der Waals surface area (Å²) < 4.78 is 0. The summed E-state index contributed by atoms with van der Waals surface area (Å²) >= 11 is 1.70. The van der Waals surface area contributed by atoms with Gasteiger partial charge in [0, 0.05) is 24.1 Å². The molecule has 3 aliphatic rings. The number of hydrogen-bond donors (Lipinski definition) is 2. The zero-order chi connectivity index (χ0) is 36.3. The highest BCUT2D eigenvalue weighted by Gasteiger charge is 2.41. The zero-order valence-electron chi connectivity index (χ0n) is 29.7. The van der Waals surface area contributed by atoms with E-state index in [0.29, 0.717) is 51.5 Å². The molecule has 0 aromatic heterocycles. The number of piperidine rings is 1. The van der Waals surface area contributed by atoms with Crippen molar-refractivity contribution in [3.05, 3.63) is 102 Å². The van der Waals surface area contributed by atoms with Crippen molar-refractivity contribution in [3.8, 4) is 6.07 Å². The number of nitriles is 1. The summed E-state index contributed by atoms with van der Waals surface area (Å²) in [6.45, 7) is 0.608. The molecule has 3 aromatic rings. The summed E-state index contributed by atoms with van der Waals surface area (Å²) in [4.78, 5) is 59.5. The third kappa shape index (κ3) is 9.43. The van der Waals surface area contributed by atoms with Crippen LogP contribution in [0, 0.1) is 23.2 Å². The third-order valence-electron chi connectivity index (χ3n) is 10.6. The van der Waals surface area contributed by atoms with Gasteiger partial charge in [0.05, 0.1) is 11.4 Å². The van der Waals surface area contributed by atoms with Crippen LogP contribution >= 0.6 is 11.8 Å². The van der Waals surface area contributed by atoms with Gasteiger partial charge < -0.3 is 20.4 Å². The molecule has 3 fully saturated rings. The van der Waals surface area contributed by atoms with Gasteiger partial charge in [0.15, 0.2) is 0 Å². The Morgan fingerprint density at radius 3 is 1.85 bits per heavy atom. The Bertz CT molecular complexity index is 1700. The lowest BCUT2D eigenvalue weighted by atomic mass is 9.86. The van der Waals surface area contributed by atoms with Gasteiger partial charge in [-0.05, 0) is 99.6 Å². The summed E-state index contributed by atoms with van der Waals surface area (Å²) in [5.41, 5.74) is 2.84. The van der Waals surface area contributed by atoms with Crippen LogP contribution < -0.4 is 15.5 Å². The predicted molar refractivity (Wildman–Crippen MR) is 204 cm³/mol. The summed E-state index contributed by atoms with van der Waals surface area (Å²) in [5.74, 6) is -0.923. The van der Waals surface area contributed by atoms with Crippen molar-refractivity contribution < 1.29 is 19.2 Å². The van der Waals surface area contributed by atoms with Crippen molar-refractivity contribution in [1.82, 2.24) is 15.5 Å². The fourth-order valence-corrected chi connectivity index (χ4v) is 9.17. The molecule has 3 aliphatic heterocycles. The van der Waals surface area contributed by atoms with Gasteiger partial charge in [0.2, 0.25) is 23.6 Å². The van der Waals surface area contributed by atoms with Gasteiger partial charge in [-0.3, -0.25) is 19.2 Å². The number of anilines is 1. The fourth-order valence-electron chi connectivity index (χ4n) is 7.78. The number of hydrogen-bond acceptors (Lipinski definition) is 6. The van der Waals surface area contributed by atoms with Gasteiger partial charge in [-0.25, -0.2) is 0 Å². The number of nitrogens with zero attached hydrogens (tertiary/aromatic N) is 3. The predicted octanol–water partition coefficient (Wildman–Crippen LogP) is 6.04. The second-order valence-electron chi connectivity index (χ2n) is 14.2. The van der Waals surface area contributed by atoms with Crippen molar-refractivity contribution in [2.24, 2.45) is 11.8 Å². The first kappa shape index (κ1) is 37.1. The highest BCUT2D eigenvalue weighted by molar-refractivity contribution is 7.99. The molecule has 3 saturated heterocycles. The number of amides is 4. The largest absolute Gasteiger partial charge is 0.344 e. The molecule has 0 spiro atoms. The first-order chi connectivity index (χ1) is 25.4. The lowest BCUT2D eigenvalue weighted by Crippen LogP contribution is -2.55. The Balaban J connectivity index is 1.19. The van der Waals surface area contributed by atoms with Gasteiger partial charge in [-0.2, -0.15) is 5.26 Å². The van der Waals surface area contributed by atoms with Crippen LogP contribution in [0.5, 0.6) is 0 Å². The van der Waals surface area contributed by atoms with Gasteiger partial charge in [0.25, 0.3) is 0 Å². The van der Waals surface area contributed by atoms with E-state index in [1.807, 2.05) is 91.0 Å². The molecule has 3 heterocycles. The monoisotopic (exact) mass is 719 g/mol. The van der Waals surface area contributed by atoms with Gasteiger partial charge >= 0.3 is 0 Å². The van der Waals surface area contributed by atoms with Gasteiger partial charge in [-0.15, -0.1) is 11.8 Å². The van der Waals surface area contributed by atoms with Crippen molar-refractivity contribution >= 4 is 41.1 Å². The third-order valence-corrected chi connectivity index (χ3v) is 12.0. The molecule has 0 bridgehead atoms. The number of rotatable bonds is 12. The van der Waals surface area contributed by atoms with Crippen LogP contribution in [0.4, 0.5) is 5.69 Å². The van der Waals surface area contributed by atoms with E-state index >= 15 is 0 Å². The second-order valence-corrected chi connectivity index (χ2v) is 15.5.